The van der Waals surface area contributed by atoms with Crippen LogP contribution < -0.4 is 15.4 Å². The lowest BCUT2D eigenvalue weighted by Crippen LogP contribution is -2.90. The molecule has 3 N–H and O–H groups in total. The first-order valence-electron chi connectivity index (χ1n) is 13.3. The molecule has 38 heavy (non-hydrogen) atoms. The summed E-state index contributed by atoms with van der Waals surface area (Å²) in [4.78, 5) is 10.3. The number of likely N-dealkylation sites (tertiary alicyclic amines) is 1. The number of alkyl halides is 3. The first-order valence-corrected chi connectivity index (χ1v) is 13.7. The van der Waals surface area contributed by atoms with Gasteiger partial charge in [0.2, 0.25) is 5.95 Å². The van der Waals surface area contributed by atoms with Gasteiger partial charge < -0.3 is 20.5 Å². The van der Waals surface area contributed by atoms with Crippen LogP contribution in [-0.4, -0.2) is 57.4 Å². The maximum Gasteiger partial charge on any atom is 0.420 e. The molecule has 10 rings (SSSR count). The molecule has 1 saturated heterocycles. The molecule has 1 aromatic heterocycles. The highest BCUT2D eigenvalue weighted by atomic mass is 35.5. The number of halogens is 4. The van der Waals surface area contributed by atoms with Gasteiger partial charge in [-0.1, -0.05) is 11.6 Å². The van der Waals surface area contributed by atoms with E-state index in [1.54, 1.807) is 6.07 Å². The Hall–Kier alpha value is -2.30. The normalized spacial score (nSPS) is 35.8. The summed E-state index contributed by atoms with van der Waals surface area (Å²) in [5, 5.41) is 16.8. The second-order valence-corrected chi connectivity index (χ2v) is 12.4. The molecule has 7 aliphatic carbocycles. The summed E-state index contributed by atoms with van der Waals surface area (Å²) < 4.78 is 44.4. The van der Waals surface area contributed by atoms with Gasteiger partial charge in [-0.25, -0.2) is 9.97 Å². The zero-order valence-corrected chi connectivity index (χ0v) is 21.9. The Balaban J connectivity index is 0.996. The highest BCUT2D eigenvalue weighted by Gasteiger charge is 2.85. The van der Waals surface area contributed by atoms with Gasteiger partial charge in [-0.05, 0) is 74.3 Å². The van der Waals surface area contributed by atoms with Crippen molar-refractivity contribution in [1.29, 1.82) is 0 Å². The number of aliphatic hydroxyl groups is 1. The van der Waals surface area contributed by atoms with Crippen molar-refractivity contribution in [2.45, 2.75) is 68.3 Å². The topological polar surface area (TPSA) is 82.5 Å². The number of benzene rings is 1. The number of rotatable bonds is 6. The fraction of sp³-hybridized carbons (Fsp3) is 0.630. The molecule has 5 bridgehead atoms. The number of hydrogen-bond donors (Lipinski definition) is 3. The van der Waals surface area contributed by atoms with Gasteiger partial charge in [0.25, 0.3) is 0 Å². The maximum atomic E-state index is 12.9. The summed E-state index contributed by atoms with van der Waals surface area (Å²) in [6.07, 6.45) is 3.79. The van der Waals surface area contributed by atoms with E-state index in [9.17, 15) is 18.3 Å². The van der Waals surface area contributed by atoms with Crippen molar-refractivity contribution in [2.24, 2.45) is 17.3 Å². The molecule has 0 radical (unpaired) electrons. The van der Waals surface area contributed by atoms with Crippen LogP contribution in [0.15, 0.2) is 24.4 Å². The quantitative estimate of drug-likeness (QED) is 0.412. The van der Waals surface area contributed by atoms with Crippen LogP contribution in [0.2, 0.25) is 5.15 Å². The highest BCUT2D eigenvalue weighted by Crippen LogP contribution is 2.84. The Morgan fingerprint density at radius 2 is 1.84 bits per heavy atom. The zero-order valence-electron chi connectivity index (χ0n) is 21.1. The van der Waals surface area contributed by atoms with Crippen LogP contribution in [-0.2, 0) is 6.18 Å². The lowest BCUT2D eigenvalue weighted by atomic mass is 9.22. The summed E-state index contributed by atoms with van der Waals surface area (Å²) in [5.74, 6) is 1.81. The van der Waals surface area contributed by atoms with Crippen LogP contribution >= 0.6 is 11.6 Å². The Morgan fingerprint density at radius 1 is 1.13 bits per heavy atom. The van der Waals surface area contributed by atoms with E-state index < -0.39 is 16.9 Å². The number of piperidine rings is 1. The smallest absolute Gasteiger partial charge is 0.420 e. The molecule has 8 aliphatic rings. The number of methoxy groups -OCH3 is 1. The van der Waals surface area contributed by atoms with Gasteiger partial charge >= 0.3 is 6.18 Å². The lowest BCUT2D eigenvalue weighted by molar-refractivity contribution is -0.388. The molecule has 1 spiro atoms. The van der Waals surface area contributed by atoms with Crippen molar-refractivity contribution >= 4 is 28.9 Å². The van der Waals surface area contributed by atoms with E-state index in [2.05, 4.69) is 25.5 Å². The molecule has 8 fully saturated rings. The molecule has 2 aromatic rings. The molecule has 7 nitrogen and oxygen atoms in total. The first kappa shape index (κ1) is 24.7. The van der Waals surface area contributed by atoms with Crippen molar-refractivity contribution in [2.75, 3.05) is 30.8 Å². The van der Waals surface area contributed by atoms with Crippen molar-refractivity contribution < 1.29 is 23.0 Å². The van der Waals surface area contributed by atoms with E-state index in [0.717, 1.165) is 50.9 Å². The second kappa shape index (κ2) is 8.11. The largest absolute Gasteiger partial charge is 0.494 e. The van der Waals surface area contributed by atoms with Crippen molar-refractivity contribution in [1.82, 2.24) is 14.9 Å². The minimum absolute atomic E-state index is 0.0480. The number of aromatic nitrogens is 2. The zero-order chi connectivity index (χ0) is 26.5. The van der Waals surface area contributed by atoms with Crippen LogP contribution in [0, 0.1) is 17.3 Å². The summed E-state index contributed by atoms with van der Waals surface area (Å²) in [6, 6.07) is 5.91. The number of anilines is 3. The van der Waals surface area contributed by atoms with Crippen LogP contribution in [0.4, 0.5) is 30.5 Å². The Morgan fingerprint density at radius 3 is 2.45 bits per heavy atom. The van der Waals surface area contributed by atoms with E-state index in [0.29, 0.717) is 46.5 Å². The third-order valence-corrected chi connectivity index (χ3v) is 10.5. The van der Waals surface area contributed by atoms with E-state index in [1.165, 1.54) is 20.0 Å². The molecular weight excluding hydrogens is 519 g/mol. The summed E-state index contributed by atoms with van der Waals surface area (Å²) in [6.45, 7) is 2.15. The Bertz CT molecular complexity index is 1270. The molecule has 2 unspecified atom stereocenters. The third-order valence-electron chi connectivity index (χ3n) is 10.2. The number of nitrogens with zero attached hydrogens (tertiary/aromatic N) is 3. The van der Waals surface area contributed by atoms with E-state index in [4.69, 9.17) is 16.3 Å². The van der Waals surface area contributed by atoms with Crippen molar-refractivity contribution in [3.05, 3.63) is 35.1 Å². The summed E-state index contributed by atoms with van der Waals surface area (Å²) in [5.41, 5.74) is 0.727. The van der Waals surface area contributed by atoms with Gasteiger partial charge in [-0.2, -0.15) is 13.2 Å². The van der Waals surface area contributed by atoms with Gasteiger partial charge in [-0.15, -0.1) is 0 Å². The minimum atomic E-state index is -4.62. The Labute approximate surface area is 224 Å². The summed E-state index contributed by atoms with van der Waals surface area (Å²) in [7, 11) is 1.54. The number of ether oxygens (including phenoxy) is 1. The molecule has 7 saturated carbocycles. The van der Waals surface area contributed by atoms with E-state index in [-0.39, 0.29) is 11.5 Å². The van der Waals surface area contributed by atoms with Crippen molar-refractivity contribution in [3.63, 3.8) is 0 Å². The van der Waals surface area contributed by atoms with Gasteiger partial charge in [-0.3, -0.25) is 4.90 Å². The molecular formula is C27H31ClF3N5O2. The van der Waals surface area contributed by atoms with Crippen molar-refractivity contribution in [3.8, 4) is 5.75 Å². The van der Waals surface area contributed by atoms with Crippen LogP contribution in [0.3, 0.4) is 0 Å². The second-order valence-electron chi connectivity index (χ2n) is 12.1. The van der Waals surface area contributed by atoms with Gasteiger partial charge in [0.1, 0.15) is 16.5 Å². The molecule has 11 heteroatoms. The van der Waals surface area contributed by atoms with Crippen LogP contribution in [0.25, 0.3) is 0 Å². The maximum absolute atomic E-state index is 12.9. The molecule has 1 aromatic carbocycles. The molecule has 204 valence electrons. The lowest BCUT2D eigenvalue weighted by Gasteiger charge is -2.88. The predicted molar refractivity (Wildman–Crippen MR) is 137 cm³/mol. The molecule has 1 aliphatic heterocycles. The molecule has 0 amide bonds. The Kier molecular flexibility index (Phi) is 5.28. The average Bonchev–Trinajstić information content (AvgIpc) is 2.84. The predicted octanol–water partition coefficient (Wildman–Crippen LogP) is 5.47. The molecule has 2 atom stereocenters. The van der Waals surface area contributed by atoms with Gasteiger partial charge in [0, 0.05) is 42.6 Å². The van der Waals surface area contributed by atoms with Crippen LogP contribution in [0.5, 0.6) is 5.75 Å². The number of hydrogen-bond acceptors (Lipinski definition) is 7. The minimum Gasteiger partial charge on any atom is -0.494 e. The summed E-state index contributed by atoms with van der Waals surface area (Å²) >= 11 is 5.73. The fourth-order valence-corrected chi connectivity index (χ4v) is 9.45. The van der Waals surface area contributed by atoms with Gasteiger partial charge in [0.15, 0.2) is 0 Å². The molecule has 2 heterocycles. The monoisotopic (exact) mass is 549 g/mol. The fourth-order valence-electron chi connectivity index (χ4n) is 9.22. The average molecular weight is 550 g/mol. The SMILES string of the molecule is COc1cc(NC2CCN([C@]34C5CC36CC4C[C@@](O)(C5)C6)CC2)ccc1Nc1ncc(C(F)(F)F)c(Cl)n1. The van der Waals surface area contributed by atoms with Crippen LogP contribution in [0.1, 0.15) is 50.5 Å². The number of nitrogens with one attached hydrogen (secondary N) is 2. The van der Waals surface area contributed by atoms with Gasteiger partial charge in [0.05, 0.1) is 18.4 Å². The van der Waals surface area contributed by atoms with E-state index in [1.807, 2.05) is 12.1 Å². The third kappa shape index (κ3) is 3.42. The van der Waals surface area contributed by atoms with E-state index >= 15 is 0 Å². The standard InChI is InChI=1S/C27H31ClF3N5O2/c1-38-21-8-18(2-3-20(21)34-23-32-13-19(22(28)35-23)27(29,30)31)33-17-4-6-36(7-5-17)26-15-9-24(26)10-16(26)12-25(37,11-15)14-24/h2-3,8,13,15-17,33,37H,4-7,9-12,14H2,1H3,(H,32,34,35)/t15?,16?,24?,25-,26-. The first-order chi connectivity index (χ1) is 18.1. The highest BCUT2D eigenvalue weighted by molar-refractivity contribution is 6.30.